The Morgan fingerprint density at radius 1 is 1.15 bits per heavy atom. The van der Waals surface area contributed by atoms with Gasteiger partial charge < -0.3 is 5.32 Å². The summed E-state index contributed by atoms with van der Waals surface area (Å²) in [5.41, 5.74) is 3.30. The minimum atomic E-state index is -0.200. The maximum absolute atomic E-state index is 13.9. The number of halogens is 2. The largest absolute Gasteiger partial charge is 0.326 e. The molecule has 2 fully saturated rings. The smallest absolute Gasteiger partial charge is 0.227 e. The normalized spacial score (nSPS) is 25.5. The average molecular weight is 465 g/mol. The lowest BCUT2D eigenvalue weighted by Gasteiger charge is -2.52. The number of carbonyl (C=O) groups excluding carboxylic acids is 1. The van der Waals surface area contributed by atoms with Crippen LogP contribution in [-0.2, 0) is 4.79 Å². The third-order valence-corrected chi connectivity index (χ3v) is 8.34. The molecule has 1 amide bonds. The maximum Gasteiger partial charge on any atom is 0.227 e. The molecule has 3 nitrogen and oxygen atoms in total. The van der Waals surface area contributed by atoms with E-state index in [9.17, 15) is 9.18 Å². The van der Waals surface area contributed by atoms with E-state index in [0.717, 1.165) is 48.7 Å². The quantitative estimate of drug-likeness (QED) is 0.419. The molecular weight excluding hydrogens is 435 g/mol. The number of amides is 1. The number of pyridine rings is 1. The highest BCUT2D eigenvalue weighted by Crippen LogP contribution is 2.60. The number of nitrogens with one attached hydrogen (secondary N) is 1. The van der Waals surface area contributed by atoms with Gasteiger partial charge in [0.1, 0.15) is 5.82 Å². The number of fused-ring (bicyclic) bond motifs is 1. The molecule has 5 heteroatoms. The molecule has 172 valence electrons. The Hall–Kier alpha value is -2.46. The summed E-state index contributed by atoms with van der Waals surface area (Å²) in [5, 5.41) is 4.70. The number of carbonyl (C=O) groups is 1. The van der Waals surface area contributed by atoms with Gasteiger partial charge in [0, 0.05) is 28.2 Å². The number of benzene rings is 2. The standard InChI is InChI=1S/C28H30ClFN2O/c1-2-23(27(33)32-22-6-3-20(29)4-7-22)18-9-12-28(13-10-18)16-19(17-28)24-11-14-31-26-8-5-21(30)15-25(24)26/h3-8,11,14-15,18-19,23H,2,9-10,12-13,16-17H2,1H3,(H,32,33). The Balaban J connectivity index is 1.20. The number of hydrogen-bond acceptors (Lipinski definition) is 2. The Bertz CT molecular complexity index is 1150. The van der Waals surface area contributed by atoms with Gasteiger partial charge in [-0.2, -0.15) is 0 Å². The van der Waals surface area contributed by atoms with Crippen LogP contribution in [0.5, 0.6) is 0 Å². The molecule has 1 spiro atoms. The molecule has 2 aliphatic rings. The van der Waals surface area contributed by atoms with Crippen LogP contribution in [0.4, 0.5) is 10.1 Å². The van der Waals surface area contributed by atoms with E-state index in [1.165, 1.54) is 24.5 Å². The van der Waals surface area contributed by atoms with E-state index in [1.54, 1.807) is 24.3 Å². The van der Waals surface area contributed by atoms with Crippen LogP contribution in [-0.4, -0.2) is 10.9 Å². The van der Waals surface area contributed by atoms with Crippen LogP contribution in [0.25, 0.3) is 10.9 Å². The van der Waals surface area contributed by atoms with Crippen LogP contribution in [0.15, 0.2) is 54.7 Å². The van der Waals surface area contributed by atoms with Gasteiger partial charge in [-0.05, 0) is 116 Å². The molecular formula is C28H30ClFN2O. The van der Waals surface area contributed by atoms with Crippen molar-refractivity contribution in [2.45, 2.75) is 57.8 Å². The molecule has 0 radical (unpaired) electrons. The minimum Gasteiger partial charge on any atom is -0.326 e. The van der Waals surface area contributed by atoms with Gasteiger partial charge in [0.25, 0.3) is 0 Å². The van der Waals surface area contributed by atoms with E-state index < -0.39 is 0 Å². The van der Waals surface area contributed by atoms with Gasteiger partial charge >= 0.3 is 0 Å². The predicted molar refractivity (Wildman–Crippen MR) is 132 cm³/mol. The van der Waals surface area contributed by atoms with E-state index >= 15 is 0 Å². The Labute approximate surface area is 199 Å². The van der Waals surface area contributed by atoms with Crippen molar-refractivity contribution in [3.63, 3.8) is 0 Å². The van der Waals surface area contributed by atoms with Crippen molar-refractivity contribution in [3.8, 4) is 0 Å². The number of anilines is 1. The summed E-state index contributed by atoms with van der Waals surface area (Å²) >= 11 is 5.96. The third kappa shape index (κ3) is 4.50. The average Bonchev–Trinajstić information content (AvgIpc) is 2.80. The van der Waals surface area contributed by atoms with Crippen LogP contribution in [0.1, 0.15) is 63.4 Å². The topological polar surface area (TPSA) is 42.0 Å². The molecule has 33 heavy (non-hydrogen) atoms. The van der Waals surface area contributed by atoms with Gasteiger partial charge in [-0.3, -0.25) is 9.78 Å². The second-order valence-electron chi connectivity index (χ2n) is 10.0. The van der Waals surface area contributed by atoms with Gasteiger partial charge in [0.05, 0.1) is 5.52 Å². The summed E-state index contributed by atoms with van der Waals surface area (Å²) in [6.45, 7) is 2.11. The first-order valence-corrected chi connectivity index (χ1v) is 12.4. The van der Waals surface area contributed by atoms with Crippen molar-refractivity contribution in [3.05, 3.63) is 71.1 Å². The summed E-state index contributed by atoms with van der Waals surface area (Å²) in [5.74, 6) is 0.874. The number of aromatic nitrogens is 1. The van der Waals surface area contributed by atoms with Crippen LogP contribution in [0.2, 0.25) is 5.02 Å². The second kappa shape index (κ2) is 9.06. The zero-order chi connectivity index (χ0) is 23.0. The molecule has 1 unspecified atom stereocenters. The fourth-order valence-electron chi connectivity index (χ4n) is 6.27. The lowest BCUT2D eigenvalue weighted by Crippen LogP contribution is -2.41. The van der Waals surface area contributed by atoms with Crippen LogP contribution >= 0.6 is 11.6 Å². The lowest BCUT2D eigenvalue weighted by molar-refractivity contribution is -0.122. The first kappa shape index (κ1) is 22.3. The van der Waals surface area contributed by atoms with Crippen LogP contribution in [0.3, 0.4) is 0 Å². The molecule has 0 bridgehead atoms. The molecule has 2 aromatic carbocycles. The first-order valence-electron chi connectivity index (χ1n) is 12.1. The maximum atomic E-state index is 13.9. The van der Waals surface area contributed by atoms with Crippen molar-refractivity contribution in [2.75, 3.05) is 5.32 Å². The number of nitrogens with zero attached hydrogens (tertiary/aromatic N) is 1. The predicted octanol–water partition coefficient (Wildman–Crippen LogP) is 7.75. The molecule has 0 aliphatic heterocycles. The fraction of sp³-hybridized carbons (Fsp3) is 0.429. The van der Waals surface area contributed by atoms with Crippen molar-refractivity contribution in [2.24, 2.45) is 17.3 Å². The molecule has 3 aromatic rings. The molecule has 2 saturated carbocycles. The highest BCUT2D eigenvalue weighted by atomic mass is 35.5. The SMILES string of the molecule is CCC(C(=O)Nc1ccc(Cl)cc1)C1CCC2(CC1)CC(c1ccnc3ccc(F)cc13)C2. The van der Waals surface area contributed by atoms with Gasteiger partial charge in [0.15, 0.2) is 0 Å². The van der Waals surface area contributed by atoms with Crippen molar-refractivity contribution in [1.82, 2.24) is 4.98 Å². The summed E-state index contributed by atoms with van der Waals surface area (Å²) < 4.78 is 13.9. The molecule has 1 atom stereocenters. The van der Waals surface area contributed by atoms with Gasteiger partial charge in [-0.15, -0.1) is 0 Å². The highest BCUT2D eigenvalue weighted by Gasteiger charge is 2.48. The van der Waals surface area contributed by atoms with Gasteiger partial charge in [-0.1, -0.05) is 18.5 Å². The molecule has 2 aliphatic carbocycles. The van der Waals surface area contributed by atoms with Crippen molar-refractivity contribution < 1.29 is 9.18 Å². The molecule has 1 aromatic heterocycles. The lowest BCUT2D eigenvalue weighted by atomic mass is 9.52. The van der Waals surface area contributed by atoms with Crippen molar-refractivity contribution in [1.29, 1.82) is 0 Å². The molecule has 0 saturated heterocycles. The van der Waals surface area contributed by atoms with Crippen LogP contribution in [0, 0.1) is 23.1 Å². The van der Waals surface area contributed by atoms with E-state index in [0.29, 0.717) is 22.3 Å². The monoisotopic (exact) mass is 464 g/mol. The highest BCUT2D eigenvalue weighted by molar-refractivity contribution is 6.30. The summed E-state index contributed by atoms with van der Waals surface area (Å²) in [6, 6.07) is 14.3. The van der Waals surface area contributed by atoms with E-state index in [1.807, 2.05) is 18.3 Å². The Kier molecular flexibility index (Phi) is 6.13. The summed E-state index contributed by atoms with van der Waals surface area (Å²) in [6.07, 6.45) is 9.58. The third-order valence-electron chi connectivity index (χ3n) is 8.08. The fourth-order valence-corrected chi connectivity index (χ4v) is 6.39. The first-order chi connectivity index (χ1) is 16.0. The molecule has 1 heterocycles. The van der Waals surface area contributed by atoms with E-state index in [2.05, 4.69) is 23.3 Å². The van der Waals surface area contributed by atoms with E-state index in [4.69, 9.17) is 11.6 Å². The zero-order valence-corrected chi connectivity index (χ0v) is 19.7. The van der Waals surface area contributed by atoms with E-state index in [-0.39, 0.29) is 17.6 Å². The minimum absolute atomic E-state index is 0.0426. The zero-order valence-electron chi connectivity index (χ0n) is 19.0. The summed E-state index contributed by atoms with van der Waals surface area (Å²) in [7, 11) is 0. The van der Waals surface area contributed by atoms with Crippen molar-refractivity contribution >= 4 is 34.1 Å². The van der Waals surface area contributed by atoms with Crippen LogP contribution < -0.4 is 5.32 Å². The second-order valence-corrected chi connectivity index (χ2v) is 10.5. The number of hydrogen-bond donors (Lipinski definition) is 1. The Morgan fingerprint density at radius 3 is 2.58 bits per heavy atom. The van der Waals surface area contributed by atoms with Gasteiger partial charge in [0.2, 0.25) is 5.91 Å². The number of rotatable bonds is 5. The Morgan fingerprint density at radius 2 is 1.88 bits per heavy atom. The molecule has 5 rings (SSSR count). The summed E-state index contributed by atoms with van der Waals surface area (Å²) in [4.78, 5) is 17.4. The molecule has 1 N–H and O–H groups in total. The van der Waals surface area contributed by atoms with Gasteiger partial charge in [-0.25, -0.2) is 4.39 Å².